The van der Waals surface area contributed by atoms with E-state index in [2.05, 4.69) is 17.5 Å². The van der Waals surface area contributed by atoms with Gasteiger partial charge in [-0.3, -0.25) is 4.79 Å². The number of allylic oxidation sites excluding steroid dienone is 1. The lowest BCUT2D eigenvalue weighted by molar-refractivity contribution is -0.159. The molecule has 9 heteroatoms. The molecule has 2 fully saturated rings. The van der Waals surface area contributed by atoms with E-state index in [1.807, 2.05) is 29.2 Å². The fraction of sp³-hybridized carbons (Fsp3) is 0.500. The normalized spacial score (nSPS) is 17.8. The van der Waals surface area contributed by atoms with Gasteiger partial charge in [0.05, 0.1) is 6.54 Å². The first kappa shape index (κ1) is 24.8. The SMILES string of the molecule is O=C(CNC1CCOCC1)N1CCC(/C=C/c2ccc(Cl)cc2)CC1.O=C(O)C(=O)O. The summed E-state index contributed by atoms with van der Waals surface area (Å²) in [7, 11) is 0. The molecule has 3 rings (SSSR count). The number of hydrogen-bond acceptors (Lipinski definition) is 5. The number of carboxylic acid groups (broad SMARTS) is 2. The third kappa shape index (κ3) is 9.50. The Morgan fingerprint density at radius 3 is 2.16 bits per heavy atom. The predicted molar refractivity (Wildman–Crippen MR) is 117 cm³/mol. The van der Waals surface area contributed by atoms with E-state index in [0.717, 1.165) is 57.0 Å². The van der Waals surface area contributed by atoms with Crippen LogP contribution in [-0.4, -0.2) is 71.8 Å². The molecule has 0 aromatic heterocycles. The lowest BCUT2D eigenvalue weighted by Gasteiger charge is -2.31. The van der Waals surface area contributed by atoms with E-state index in [-0.39, 0.29) is 5.91 Å². The van der Waals surface area contributed by atoms with Gasteiger partial charge in [-0.25, -0.2) is 9.59 Å². The van der Waals surface area contributed by atoms with E-state index in [4.69, 9.17) is 36.1 Å². The monoisotopic (exact) mass is 452 g/mol. The summed E-state index contributed by atoms with van der Waals surface area (Å²) in [6, 6.07) is 8.30. The number of ether oxygens (including phenoxy) is 1. The number of nitrogens with one attached hydrogen (secondary N) is 1. The van der Waals surface area contributed by atoms with Gasteiger partial charge in [-0.15, -0.1) is 0 Å². The van der Waals surface area contributed by atoms with Crippen molar-refractivity contribution in [3.63, 3.8) is 0 Å². The minimum atomic E-state index is -1.82. The molecular weight excluding hydrogens is 424 g/mol. The van der Waals surface area contributed by atoms with Gasteiger partial charge in [-0.05, 0) is 49.3 Å². The lowest BCUT2D eigenvalue weighted by atomic mass is 9.95. The minimum Gasteiger partial charge on any atom is -0.473 e. The molecule has 8 nitrogen and oxygen atoms in total. The molecule has 3 N–H and O–H groups in total. The van der Waals surface area contributed by atoms with Crippen molar-refractivity contribution in [1.82, 2.24) is 10.2 Å². The van der Waals surface area contributed by atoms with Crippen molar-refractivity contribution in [2.45, 2.75) is 31.7 Å². The molecule has 0 saturated carbocycles. The molecule has 0 radical (unpaired) electrons. The van der Waals surface area contributed by atoms with Crippen LogP contribution in [0.1, 0.15) is 31.2 Å². The van der Waals surface area contributed by atoms with Gasteiger partial charge in [-0.2, -0.15) is 0 Å². The Balaban J connectivity index is 0.000000501. The summed E-state index contributed by atoms with van der Waals surface area (Å²) >= 11 is 5.91. The number of amides is 1. The smallest absolute Gasteiger partial charge is 0.414 e. The molecule has 0 bridgehead atoms. The maximum Gasteiger partial charge on any atom is 0.414 e. The van der Waals surface area contributed by atoms with Crippen molar-refractivity contribution < 1.29 is 29.3 Å². The van der Waals surface area contributed by atoms with Crippen molar-refractivity contribution in [3.05, 3.63) is 40.9 Å². The Morgan fingerprint density at radius 1 is 1.03 bits per heavy atom. The largest absolute Gasteiger partial charge is 0.473 e. The van der Waals surface area contributed by atoms with Crippen LogP contribution in [0.3, 0.4) is 0 Å². The summed E-state index contributed by atoms with van der Waals surface area (Å²) in [4.78, 5) is 32.6. The summed E-state index contributed by atoms with van der Waals surface area (Å²) < 4.78 is 5.35. The van der Waals surface area contributed by atoms with E-state index >= 15 is 0 Å². The molecule has 0 spiro atoms. The summed E-state index contributed by atoms with van der Waals surface area (Å²) in [5.41, 5.74) is 1.17. The number of piperidine rings is 1. The first-order valence-corrected chi connectivity index (χ1v) is 10.7. The van der Waals surface area contributed by atoms with Gasteiger partial charge in [0.25, 0.3) is 0 Å². The number of carboxylic acids is 2. The van der Waals surface area contributed by atoms with E-state index in [0.29, 0.717) is 18.5 Å². The molecule has 170 valence electrons. The van der Waals surface area contributed by atoms with Crippen molar-refractivity contribution in [3.8, 4) is 0 Å². The average molecular weight is 453 g/mol. The van der Waals surface area contributed by atoms with Crippen molar-refractivity contribution in [2.75, 3.05) is 32.8 Å². The Bertz CT molecular complexity index is 742. The summed E-state index contributed by atoms with van der Waals surface area (Å²) in [5, 5.41) is 18.9. The Morgan fingerprint density at radius 2 is 1.61 bits per heavy atom. The van der Waals surface area contributed by atoms with Crippen LogP contribution in [0.4, 0.5) is 0 Å². The number of aliphatic carboxylic acids is 2. The number of likely N-dealkylation sites (tertiary alicyclic amines) is 1. The highest BCUT2D eigenvalue weighted by Crippen LogP contribution is 2.20. The maximum absolute atomic E-state index is 12.4. The van der Waals surface area contributed by atoms with E-state index in [9.17, 15) is 4.79 Å². The van der Waals surface area contributed by atoms with E-state index in [1.165, 1.54) is 5.56 Å². The van der Waals surface area contributed by atoms with E-state index in [1.54, 1.807) is 0 Å². The zero-order valence-electron chi connectivity index (χ0n) is 17.3. The van der Waals surface area contributed by atoms with Crippen LogP contribution in [0.2, 0.25) is 5.02 Å². The zero-order chi connectivity index (χ0) is 22.6. The second-order valence-electron chi connectivity index (χ2n) is 7.51. The molecule has 31 heavy (non-hydrogen) atoms. The molecule has 1 aromatic carbocycles. The predicted octanol–water partition coefficient (Wildman–Crippen LogP) is 2.52. The van der Waals surface area contributed by atoms with Gasteiger partial charge < -0.3 is 25.2 Å². The molecule has 1 amide bonds. The molecule has 0 unspecified atom stereocenters. The van der Waals surface area contributed by atoms with Gasteiger partial charge in [0, 0.05) is 37.4 Å². The van der Waals surface area contributed by atoms with Crippen LogP contribution < -0.4 is 5.32 Å². The summed E-state index contributed by atoms with van der Waals surface area (Å²) in [6.07, 6.45) is 8.51. The third-order valence-corrected chi connectivity index (χ3v) is 5.52. The number of rotatable bonds is 5. The van der Waals surface area contributed by atoms with Crippen LogP contribution in [-0.2, 0) is 19.1 Å². The maximum atomic E-state index is 12.4. The van der Waals surface area contributed by atoms with Crippen LogP contribution in [0, 0.1) is 5.92 Å². The molecule has 2 aliphatic rings. The third-order valence-electron chi connectivity index (χ3n) is 5.27. The van der Waals surface area contributed by atoms with Crippen LogP contribution in [0.25, 0.3) is 6.08 Å². The molecule has 0 atom stereocenters. The second kappa shape index (κ2) is 13.1. The lowest BCUT2D eigenvalue weighted by Crippen LogP contribution is -2.45. The van der Waals surface area contributed by atoms with Gasteiger partial charge in [0.1, 0.15) is 0 Å². The number of halogens is 1. The Labute approximate surface area is 186 Å². The number of nitrogens with zero attached hydrogens (tertiary/aromatic N) is 1. The number of carbonyl (C=O) groups excluding carboxylic acids is 1. The minimum absolute atomic E-state index is 0.228. The fourth-order valence-corrected chi connectivity index (χ4v) is 3.53. The van der Waals surface area contributed by atoms with Gasteiger partial charge >= 0.3 is 11.9 Å². The van der Waals surface area contributed by atoms with E-state index < -0.39 is 11.9 Å². The first-order chi connectivity index (χ1) is 14.8. The van der Waals surface area contributed by atoms with Crippen LogP contribution in [0.15, 0.2) is 30.3 Å². The average Bonchev–Trinajstić information content (AvgIpc) is 2.78. The van der Waals surface area contributed by atoms with Gasteiger partial charge in [-0.1, -0.05) is 35.9 Å². The second-order valence-corrected chi connectivity index (χ2v) is 7.94. The fourth-order valence-electron chi connectivity index (χ4n) is 3.41. The zero-order valence-corrected chi connectivity index (χ0v) is 18.1. The van der Waals surface area contributed by atoms with Gasteiger partial charge in [0.2, 0.25) is 5.91 Å². The van der Waals surface area contributed by atoms with Gasteiger partial charge in [0.15, 0.2) is 0 Å². The van der Waals surface area contributed by atoms with Crippen molar-refractivity contribution in [1.29, 1.82) is 0 Å². The number of benzene rings is 1. The quantitative estimate of drug-likeness (QED) is 0.588. The first-order valence-electron chi connectivity index (χ1n) is 10.3. The molecule has 2 heterocycles. The highest BCUT2D eigenvalue weighted by molar-refractivity contribution is 6.30. The topological polar surface area (TPSA) is 116 Å². The number of carbonyl (C=O) groups is 3. The molecule has 0 aliphatic carbocycles. The summed E-state index contributed by atoms with van der Waals surface area (Å²) in [6.45, 7) is 3.76. The Hall–Kier alpha value is -2.42. The number of hydrogen-bond donors (Lipinski definition) is 3. The highest BCUT2D eigenvalue weighted by Gasteiger charge is 2.22. The molecule has 2 aliphatic heterocycles. The van der Waals surface area contributed by atoms with Crippen molar-refractivity contribution >= 4 is 35.5 Å². The van der Waals surface area contributed by atoms with Crippen molar-refractivity contribution in [2.24, 2.45) is 5.92 Å². The molecule has 2 saturated heterocycles. The Kier molecular flexibility index (Phi) is 10.5. The summed E-state index contributed by atoms with van der Waals surface area (Å²) in [5.74, 6) is -2.88. The van der Waals surface area contributed by atoms with Crippen LogP contribution >= 0.6 is 11.6 Å². The highest BCUT2D eigenvalue weighted by atomic mass is 35.5. The van der Waals surface area contributed by atoms with Crippen LogP contribution in [0.5, 0.6) is 0 Å². The molecular formula is C22H29ClN2O6. The molecule has 1 aromatic rings. The standard InChI is InChI=1S/C20H27ClN2O2.C2H2O4/c21-18-5-3-16(4-6-18)1-2-17-7-11-23(12-8-17)20(24)15-22-19-9-13-25-14-10-19;3-1(4)2(5)6/h1-6,17,19,22H,7-15H2;(H,3,4)(H,5,6)/b2-1+;.